The molecule has 1 N–H and O–H groups in total. The van der Waals surface area contributed by atoms with Crippen molar-refractivity contribution in [3.63, 3.8) is 0 Å². The van der Waals surface area contributed by atoms with Crippen molar-refractivity contribution in [3.8, 4) is 22.7 Å². The zero-order chi connectivity index (χ0) is 17.1. The summed E-state index contributed by atoms with van der Waals surface area (Å²) in [6, 6.07) is 6.11. The molecular formula is C16H12FN5OS. The minimum Gasteiger partial charge on any atom is -0.310 e. The van der Waals surface area contributed by atoms with Gasteiger partial charge in [0.2, 0.25) is 5.91 Å². The van der Waals surface area contributed by atoms with Gasteiger partial charge in [-0.2, -0.15) is 10.5 Å². The van der Waals surface area contributed by atoms with Gasteiger partial charge in [0, 0.05) is 19.3 Å². The fraction of sp³-hybridized carbons (Fsp3) is 0.250. The molecule has 8 heteroatoms. The zero-order valence-electron chi connectivity index (χ0n) is 12.5. The van der Waals surface area contributed by atoms with E-state index in [1.807, 2.05) is 6.19 Å². The molecule has 1 aromatic carbocycles. The molecular weight excluding hydrogens is 329 g/mol. The van der Waals surface area contributed by atoms with E-state index in [0.29, 0.717) is 35.1 Å². The summed E-state index contributed by atoms with van der Waals surface area (Å²) in [5.74, 6) is -0.986. The number of carbonyl (C=O) groups excluding carboxylic acids is 1. The minimum absolute atomic E-state index is 0.0138. The lowest BCUT2D eigenvalue weighted by Crippen LogP contribution is -2.25. The molecule has 1 atom stereocenters. The predicted molar refractivity (Wildman–Crippen MR) is 86.1 cm³/mol. The molecule has 1 unspecified atom stereocenters. The van der Waals surface area contributed by atoms with Crippen LogP contribution in [0.4, 0.5) is 9.52 Å². The Labute approximate surface area is 141 Å². The number of nitrogens with zero attached hydrogens (tertiary/aromatic N) is 4. The Morgan fingerprint density at radius 3 is 2.96 bits per heavy atom. The van der Waals surface area contributed by atoms with Crippen molar-refractivity contribution in [1.82, 2.24) is 9.88 Å². The van der Waals surface area contributed by atoms with Gasteiger partial charge in [0.1, 0.15) is 11.9 Å². The number of amides is 1. The maximum Gasteiger partial charge on any atom is 0.231 e. The lowest BCUT2D eigenvalue weighted by molar-refractivity contribution is -0.119. The molecule has 120 valence electrons. The quantitative estimate of drug-likeness (QED) is 0.866. The molecule has 2 aromatic rings. The van der Waals surface area contributed by atoms with Crippen LogP contribution < -0.4 is 5.32 Å². The van der Waals surface area contributed by atoms with Gasteiger partial charge in [-0.05, 0) is 24.1 Å². The van der Waals surface area contributed by atoms with Gasteiger partial charge >= 0.3 is 0 Å². The highest BCUT2D eigenvalue weighted by Crippen LogP contribution is 2.30. The molecule has 24 heavy (non-hydrogen) atoms. The Kier molecular flexibility index (Phi) is 4.41. The van der Waals surface area contributed by atoms with Crippen molar-refractivity contribution in [3.05, 3.63) is 35.8 Å². The molecule has 1 amide bonds. The van der Waals surface area contributed by atoms with Gasteiger partial charge in [0.05, 0.1) is 16.4 Å². The summed E-state index contributed by atoms with van der Waals surface area (Å²) >= 11 is 1.23. The number of benzene rings is 1. The first-order chi connectivity index (χ1) is 11.6. The van der Waals surface area contributed by atoms with Crippen molar-refractivity contribution in [1.29, 1.82) is 10.5 Å². The summed E-state index contributed by atoms with van der Waals surface area (Å²) in [6.07, 6.45) is 4.23. The molecule has 1 aromatic heterocycles. The van der Waals surface area contributed by atoms with Gasteiger partial charge in [0.25, 0.3) is 0 Å². The van der Waals surface area contributed by atoms with Crippen LogP contribution in [0.5, 0.6) is 0 Å². The first-order valence-corrected chi connectivity index (χ1v) is 8.03. The third-order valence-electron chi connectivity index (χ3n) is 3.81. The normalized spacial score (nSPS) is 16.5. The van der Waals surface area contributed by atoms with Crippen LogP contribution in [-0.4, -0.2) is 28.9 Å². The van der Waals surface area contributed by atoms with Crippen LogP contribution in [0.15, 0.2) is 24.4 Å². The number of thiazole rings is 1. The average Bonchev–Trinajstić information content (AvgIpc) is 3.24. The van der Waals surface area contributed by atoms with Crippen molar-refractivity contribution in [2.75, 3.05) is 18.4 Å². The summed E-state index contributed by atoms with van der Waals surface area (Å²) in [5, 5.41) is 20.7. The maximum atomic E-state index is 13.7. The second kappa shape index (κ2) is 6.65. The first kappa shape index (κ1) is 15.9. The van der Waals surface area contributed by atoms with E-state index in [1.165, 1.54) is 23.5 Å². The highest BCUT2D eigenvalue weighted by molar-refractivity contribution is 7.19. The van der Waals surface area contributed by atoms with E-state index in [4.69, 9.17) is 10.5 Å². The van der Waals surface area contributed by atoms with Crippen molar-refractivity contribution >= 4 is 22.4 Å². The number of halogens is 1. The molecule has 1 saturated heterocycles. The predicted octanol–water partition coefficient (Wildman–Crippen LogP) is 2.56. The monoisotopic (exact) mass is 341 g/mol. The number of nitrogens with one attached hydrogen (secondary N) is 1. The largest absolute Gasteiger partial charge is 0.310 e. The second-order valence-electron chi connectivity index (χ2n) is 5.36. The number of rotatable bonds is 3. The smallest absolute Gasteiger partial charge is 0.231 e. The second-order valence-corrected chi connectivity index (χ2v) is 6.39. The zero-order valence-corrected chi connectivity index (χ0v) is 13.3. The number of likely N-dealkylation sites (tertiary alicyclic amines) is 1. The van der Waals surface area contributed by atoms with Crippen LogP contribution in [0.1, 0.15) is 12.0 Å². The van der Waals surface area contributed by atoms with Crippen LogP contribution in [0.25, 0.3) is 10.4 Å². The molecule has 1 aliphatic rings. The Morgan fingerprint density at radius 1 is 1.46 bits per heavy atom. The summed E-state index contributed by atoms with van der Waals surface area (Å²) < 4.78 is 13.7. The summed E-state index contributed by atoms with van der Waals surface area (Å²) in [4.78, 5) is 18.6. The number of carbonyl (C=O) groups is 1. The van der Waals surface area contributed by atoms with Crippen LogP contribution in [0.3, 0.4) is 0 Å². The first-order valence-electron chi connectivity index (χ1n) is 7.22. The standard InChI is InChI=1S/C16H12FN5OS/c17-13-5-10(1-2-11(13)6-18)14-7-20-16(24-14)21-15(23)12-3-4-22(8-12)9-19/h1-2,5,7,12H,3-4,8H2,(H,20,21,23). The SMILES string of the molecule is N#Cc1ccc(-c2cnc(NC(=O)C3CCN(C#N)C3)s2)cc1F. The Morgan fingerprint density at radius 2 is 2.29 bits per heavy atom. The topological polar surface area (TPSA) is 92.8 Å². The highest BCUT2D eigenvalue weighted by Gasteiger charge is 2.28. The highest BCUT2D eigenvalue weighted by atomic mass is 32.1. The van der Waals surface area contributed by atoms with E-state index in [-0.39, 0.29) is 17.4 Å². The molecule has 0 spiro atoms. The molecule has 0 saturated carbocycles. The Bertz CT molecular complexity index is 866. The number of nitriles is 2. The molecule has 3 rings (SSSR count). The molecule has 0 aliphatic carbocycles. The fourth-order valence-corrected chi connectivity index (χ4v) is 3.31. The summed E-state index contributed by atoms with van der Waals surface area (Å²) in [5.41, 5.74) is 0.584. The molecule has 6 nitrogen and oxygen atoms in total. The van der Waals surface area contributed by atoms with E-state index < -0.39 is 5.82 Å². The van der Waals surface area contributed by atoms with Gasteiger partial charge in [-0.15, -0.1) is 0 Å². The van der Waals surface area contributed by atoms with Gasteiger partial charge in [-0.1, -0.05) is 17.4 Å². The number of hydrogen-bond acceptors (Lipinski definition) is 6. The van der Waals surface area contributed by atoms with Crippen LogP contribution >= 0.6 is 11.3 Å². The Balaban J connectivity index is 1.70. The van der Waals surface area contributed by atoms with E-state index in [9.17, 15) is 9.18 Å². The van der Waals surface area contributed by atoms with Crippen molar-refractivity contribution < 1.29 is 9.18 Å². The van der Waals surface area contributed by atoms with E-state index >= 15 is 0 Å². The van der Waals surface area contributed by atoms with Gasteiger partial charge in [0.15, 0.2) is 11.3 Å². The lowest BCUT2D eigenvalue weighted by atomic mass is 10.1. The molecule has 1 fully saturated rings. The Hall–Kier alpha value is -2.97. The molecule has 1 aliphatic heterocycles. The minimum atomic E-state index is -0.587. The molecule has 0 radical (unpaired) electrons. The van der Waals surface area contributed by atoms with Crippen LogP contribution in [0.2, 0.25) is 0 Å². The lowest BCUT2D eigenvalue weighted by Gasteiger charge is -2.08. The van der Waals surface area contributed by atoms with E-state index in [1.54, 1.807) is 23.2 Å². The van der Waals surface area contributed by atoms with E-state index in [2.05, 4.69) is 10.3 Å². The van der Waals surface area contributed by atoms with E-state index in [0.717, 1.165) is 0 Å². The molecule has 0 bridgehead atoms. The average molecular weight is 341 g/mol. The summed E-state index contributed by atoms with van der Waals surface area (Å²) in [6.45, 7) is 1.00. The maximum absolute atomic E-state index is 13.7. The van der Waals surface area contributed by atoms with Crippen LogP contribution in [0, 0.1) is 34.5 Å². The third kappa shape index (κ3) is 3.19. The molecule has 2 heterocycles. The van der Waals surface area contributed by atoms with Gasteiger partial charge < -0.3 is 10.2 Å². The number of hydrogen-bond donors (Lipinski definition) is 1. The van der Waals surface area contributed by atoms with Crippen molar-refractivity contribution in [2.45, 2.75) is 6.42 Å². The van der Waals surface area contributed by atoms with Gasteiger partial charge in [-0.3, -0.25) is 4.79 Å². The summed E-state index contributed by atoms with van der Waals surface area (Å²) in [7, 11) is 0. The third-order valence-corrected chi connectivity index (χ3v) is 4.77. The number of aromatic nitrogens is 1. The number of anilines is 1. The van der Waals surface area contributed by atoms with Crippen LogP contribution in [-0.2, 0) is 4.79 Å². The fourth-order valence-electron chi connectivity index (χ4n) is 2.50. The van der Waals surface area contributed by atoms with Gasteiger partial charge in [-0.25, -0.2) is 9.37 Å². The van der Waals surface area contributed by atoms with Crippen molar-refractivity contribution in [2.24, 2.45) is 5.92 Å².